The number of halogens is 2. The SMILES string of the molecule is CC(NC(=O)c1ccc2cccnc2c1)c1cccc(OC(F)F)c1. The number of amides is 1. The Kier molecular flexibility index (Phi) is 4.88. The van der Waals surface area contributed by atoms with Crippen molar-refractivity contribution < 1.29 is 18.3 Å². The molecule has 3 rings (SSSR count). The summed E-state index contributed by atoms with van der Waals surface area (Å²) in [6.45, 7) is -1.11. The fourth-order valence-corrected chi connectivity index (χ4v) is 2.53. The van der Waals surface area contributed by atoms with Crippen molar-refractivity contribution in [3.05, 3.63) is 71.9 Å². The van der Waals surface area contributed by atoms with E-state index in [0.717, 1.165) is 10.9 Å². The minimum atomic E-state index is -2.88. The van der Waals surface area contributed by atoms with Gasteiger partial charge in [-0.1, -0.05) is 24.3 Å². The average molecular weight is 342 g/mol. The first-order valence-electron chi connectivity index (χ1n) is 7.73. The van der Waals surface area contributed by atoms with Crippen LogP contribution < -0.4 is 10.1 Å². The number of alkyl halides is 2. The van der Waals surface area contributed by atoms with Gasteiger partial charge in [0.05, 0.1) is 11.6 Å². The third-order valence-corrected chi connectivity index (χ3v) is 3.80. The number of hydrogen-bond acceptors (Lipinski definition) is 3. The summed E-state index contributed by atoms with van der Waals surface area (Å²) >= 11 is 0. The Morgan fingerprint density at radius 3 is 2.76 bits per heavy atom. The maximum absolute atomic E-state index is 12.4. The highest BCUT2D eigenvalue weighted by molar-refractivity contribution is 5.97. The van der Waals surface area contributed by atoms with Crippen LogP contribution in [0.15, 0.2) is 60.8 Å². The van der Waals surface area contributed by atoms with Gasteiger partial charge in [0, 0.05) is 17.1 Å². The summed E-state index contributed by atoms with van der Waals surface area (Å²) in [5, 5.41) is 3.80. The highest BCUT2D eigenvalue weighted by atomic mass is 19.3. The monoisotopic (exact) mass is 342 g/mol. The van der Waals surface area contributed by atoms with Gasteiger partial charge in [0.25, 0.3) is 5.91 Å². The Bertz CT molecular complexity index is 899. The van der Waals surface area contributed by atoms with Gasteiger partial charge in [-0.05, 0) is 42.8 Å². The first kappa shape index (κ1) is 16.8. The molecule has 1 N–H and O–H groups in total. The Morgan fingerprint density at radius 1 is 1.12 bits per heavy atom. The molecule has 0 bridgehead atoms. The fourth-order valence-electron chi connectivity index (χ4n) is 2.53. The van der Waals surface area contributed by atoms with E-state index in [9.17, 15) is 13.6 Å². The Labute approximate surface area is 143 Å². The van der Waals surface area contributed by atoms with Gasteiger partial charge in [0.15, 0.2) is 0 Å². The highest BCUT2D eigenvalue weighted by Gasteiger charge is 2.13. The molecule has 0 saturated carbocycles. The Morgan fingerprint density at radius 2 is 1.96 bits per heavy atom. The summed E-state index contributed by atoms with van der Waals surface area (Å²) in [5.74, 6) is -0.205. The third-order valence-electron chi connectivity index (χ3n) is 3.80. The topological polar surface area (TPSA) is 51.2 Å². The van der Waals surface area contributed by atoms with E-state index in [1.54, 1.807) is 37.4 Å². The quantitative estimate of drug-likeness (QED) is 0.751. The zero-order valence-electron chi connectivity index (χ0n) is 13.4. The van der Waals surface area contributed by atoms with Crippen LogP contribution in [-0.2, 0) is 0 Å². The predicted molar refractivity (Wildman–Crippen MR) is 90.7 cm³/mol. The van der Waals surface area contributed by atoms with E-state index in [-0.39, 0.29) is 17.7 Å². The van der Waals surface area contributed by atoms with Crippen molar-refractivity contribution in [2.24, 2.45) is 0 Å². The third kappa shape index (κ3) is 4.09. The van der Waals surface area contributed by atoms with Crippen LogP contribution >= 0.6 is 0 Å². The molecule has 1 atom stereocenters. The lowest BCUT2D eigenvalue weighted by Crippen LogP contribution is -2.26. The minimum absolute atomic E-state index is 0.0588. The summed E-state index contributed by atoms with van der Waals surface area (Å²) in [7, 11) is 0. The van der Waals surface area contributed by atoms with Gasteiger partial charge in [-0.25, -0.2) is 0 Å². The minimum Gasteiger partial charge on any atom is -0.435 e. The number of pyridine rings is 1. The smallest absolute Gasteiger partial charge is 0.387 e. The summed E-state index contributed by atoms with van der Waals surface area (Å²) in [6, 6.07) is 14.9. The molecule has 6 heteroatoms. The summed E-state index contributed by atoms with van der Waals surface area (Å²) in [6.07, 6.45) is 1.67. The van der Waals surface area contributed by atoms with Crippen LogP contribution in [0.3, 0.4) is 0 Å². The van der Waals surface area contributed by atoms with E-state index in [2.05, 4.69) is 15.0 Å². The second kappa shape index (κ2) is 7.25. The standard InChI is InChI=1S/C19H16F2N2O2/c1-12(14-4-2-6-16(10-14)25-19(20)21)23-18(24)15-8-7-13-5-3-9-22-17(13)11-15/h2-12,19H,1H3,(H,23,24). The van der Waals surface area contributed by atoms with E-state index in [4.69, 9.17) is 0 Å². The molecule has 0 spiro atoms. The van der Waals surface area contributed by atoms with Crippen molar-refractivity contribution in [3.63, 3.8) is 0 Å². The van der Waals surface area contributed by atoms with Crippen LogP contribution in [0.5, 0.6) is 5.75 Å². The molecule has 1 amide bonds. The molecule has 1 heterocycles. The molecule has 0 saturated heterocycles. The van der Waals surface area contributed by atoms with E-state index in [0.29, 0.717) is 11.1 Å². The normalized spacial score (nSPS) is 12.2. The Balaban J connectivity index is 1.75. The molecule has 2 aromatic carbocycles. The number of carbonyl (C=O) groups is 1. The van der Waals surface area contributed by atoms with Crippen molar-refractivity contribution in [3.8, 4) is 5.75 Å². The van der Waals surface area contributed by atoms with Crippen molar-refractivity contribution in [1.29, 1.82) is 0 Å². The lowest BCUT2D eigenvalue weighted by atomic mass is 10.1. The number of fused-ring (bicyclic) bond motifs is 1. The van der Waals surface area contributed by atoms with E-state index >= 15 is 0 Å². The van der Waals surface area contributed by atoms with E-state index in [1.807, 2.05) is 18.2 Å². The van der Waals surface area contributed by atoms with Crippen LogP contribution in [0.25, 0.3) is 10.9 Å². The number of aromatic nitrogens is 1. The molecule has 0 radical (unpaired) electrons. The molecule has 1 unspecified atom stereocenters. The maximum Gasteiger partial charge on any atom is 0.387 e. The van der Waals surface area contributed by atoms with Crippen LogP contribution in [0.1, 0.15) is 28.9 Å². The summed E-state index contributed by atoms with van der Waals surface area (Å²) in [4.78, 5) is 16.7. The van der Waals surface area contributed by atoms with Crippen molar-refractivity contribution in [1.82, 2.24) is 10.3 Å². The number of benzene rings is 2. The van der Waals surface area contributed by atoms with Crippen LogP contribution in [-0.4, -0.2) is 17.5 Å². The van der Waals surface area contributed by atoms with Crippen molar-refractivity contribution >= 4 is 16.8 Å². The van der Waals surface area contributed by atoms with Gasteiger partial charge < -0.3 is 10.1 Å². The van der Waals surface area contributed by atoms with E-state index in [1.165, 1.54) is 12.1 Å². The number of nitrogens with zero attached hydrogens (tertiary/aromatic N) is 1. The summed E-state index contributed by atoms with van der Waals surface area (Å²) < 4.78 is 29.0. The Hall–Kier alpha value is -3.02. The zero-order chi connectivity index (χ0) is 17.8. The van der Waals surface area contributed by atoms with E-state index < -0.39 is 6.61 Å². The molecule has 1 aromatic heterocycles. The molecule has 0 aliphatic rings. The number of hydrogen-bond donors (Lipinski definition) is 1. The molecular formula is C19H16F2N2O2. The highest BCUT2D eigenvalue weighted by Crippen LogP contribution is 2.21. The number of rotatable bonds is 5. The second-order valence-corrected chi connectivity index (χ2v) is 5.56. The van der Waals surface area contributed by atoms with Gasteiger partial charge in [0.2, 0.25) is 0 Å². The number of ether oxygens (including phenoxy) is 1. The fraction of sp³-hybridized carbons (Fsp3) is 0.158. The molecule has 0 fully saturated rings. The van der Waals surface area contributed by atoms with Gasteiger partial charge in [-0.3, -0.25) is 9.78 Å². The molecule has 128 valence electrons. The van der Waals surface area contributed by atoms with Gasteiger partial charge in [-0.15, -0.1) is 0 Å². The number of carbonyl (C=O) groups excluding carboxylic acids is 1. The molecule has 3 aromatic rings. The molecule has 0 aliphatic carbocycles. The van der Waals surface area contributed by atoms with Gasteiger partial charge >= 0.3 is 6.61 Å². The van der Waals surface area contributed by atoms with Gasteiger partial charge in [0.1, 0.15) is 5.75 Å². The predicted octanol–water partition coefficient (Wildman–Crippen LogP) is 4.33. The van der Waals surface area contributed by atoms with Gasteiger partial charge in [-0.2, -0.15) is 8.78 Å². The summed E-state index contributed by atoms with van der Waals surface area (Å²) in [5.41, 5.74) is 1.89. The molecule has 25 heavy (non-hydrogen) atoms. The molecule has 4 nitrogen and oxygen atoms in total. The average Bonchev–Trinajstić information content (AvgIpc) is 2.61. The first-order valence-corrected chi connectivity index (χ1v) is 7.73. The molecule has 0 aliphatic heterocycles. The van der Waals surface area contributed by atoms with Crippen molar-refractivity contribution in [2.75, 3.05) is 0 Å². The van der Waals surface area contributed by atoms with Crippen LogP contribution in [0, 0.1) is 0 Å². The lowest BCUT2D eigenvalue weighted by Gasteiger charge is -2.16. The van der Waals surface area contributed by atoms with Crippen LogP contribution in [0.4, 0.5) is 8.78 Å². The largest absolute Gasteiger partial charge is 0.435 e. The van der Waals surface area contributed by atoms with Crippen molar-refractivity contribution in [2.45, 2.75) is 19.6 Å². The van der Waals surface area contributed by atoms with Crippen LogP contribution in [0.2, 0.25) is 0 Å². The second-order valence-electron chi connectivity index (χ2n) is 5.56. The lowest BCUT2D eigenvalue weighted by molar-refractivity contribution is -0.0499. The molecular weight excluding hydrogens is 326 g/mol. The maximum atomic E-state index is 12.4. The first-order chi connectivity index (χ1) is 12.0. The number of nitrogens with one attached hydrogen (secondary N) is 1. The zero-order valence-corrected chi connectivity index (χ0v) is 13.4.